The number of nitrogens with one attached hydrogen (secondary N) is 1. The lowest BCUT2D eigenvalue weighted by molar-refractivity contribution is 0.102. The summed E-state index contributed by atoms with van der Waals surface area (Å²) in [5.74, 6) is 0.460. The summed E-state index contributed by atoms with van der Waals surface area (Å²) >= 11 is 5.90. The van der Waals surface area contributed by atoms with Crippen molar-refractivity contribution in [3.63, 3.8) is 0 Å². The van der Waals surface area contributed by atoms with E-state index in [0.717, 1.165) is 26.2 Å². The first-order chi connectivity index (χ1) is 11.1. The summed E-state index contributed by atoms with van der Waals surface area (Å²) in [5.41, 5.74) is 1.06. The van der Waals surface area contributed by atoms with Crippen molar-refractivity contribution in [1.82, 2.24) is 14.9 Å². The molecule has 1 aliphatic heterocycles. The van der Waals surface area contributed by atoms with Gasteiger partial charge < -0.3 is 15.1 Å². The van der Waals surface area contributed by atoms with E-state index in [9.17, 15) is 4.79 Å². The smallest absolute Gasteiger partial charge is 0.255 e. The largest absolute Gasteiger partial charge is 0.338 e. The van der Waals surface area contributed by atoms with Crippen LogP contribution in [-0.4, -0.2) is 54.0 Å². The Kier molecular flexibility index (Phi) is 4.73. The van der Waals surface area contributed by atoms with Gasteiger partial charge in [-0.05, 0) is 25.2 Å². The number of benzene rings is 1. The number of carbonyl (C=O) groups excluding carboxylic acids is 1. The van der Waals surface area contributed by atoms with Gasteiger partial charge in [-0.15, -0.1) is 0 Å². The molecule has 1 saturated heterocycles. The number of rotatable bonds is 3. The molecule has 6 nitrogen and oxygen atoms in total. The van der Waals surface area contributed by atoms with Gasteiger partial charge in [-0.1, -0.05) is 17.7 Å². The molecule has 23 heavy (non-hydrogen) atoms. The third-order valence-electron chi connectivity index (χ3n) is 3.77. The van der Waals surface area contributed by atoms with Crippen LogP contribution in [0.2, 0.25) is 5.02 Å². The molecule has 1 aliphatic rings. The molecule has 1 fully saturated rings. The zero-order chi connectivity index (χ0) is 16.2. The first-order valence-electron chi connectivity index (χ1n) is 7.44. The summed E-state index contributed by atoms with van der Waals surface area (Å²) in [4.78, 5) is 25.3. The SMILES string of the molecule is CN1CCN(c2ncc(NC(=O)c3cccc(Cl)c3)cn2)CC1. The Labute approximate surface area is 140 Å². The van der Waals surface area contributed by atoms with E-state index in [0.29, 0.717) is 22.2 Å². The van der Waals surface area contributed by atoms with Crippen molar-refractivity contribution in [2.24, 2.45) is 0 Å². The van der Waals surface area contributed by atoms with Crippen molar-refractivity contribution >= 4 is 29.1 Å². The number of hydrogen-bond acceptors (Lipinski definition) is 5. The first kappa shape index (κ1) is 15.7. The molecule has 0 radical (unpaired) electrons. The minimum atomic E-state index is -0.233. The van der Waals surface area contributed by atoms with Crippen LogP contribution in [0.4, 0.5) is 11.6 Å². The molecule has 1 aromatic carbocycles. The fraction of sp³-hybridized carbons (Fsp3) is 0.312. The highest BCUT2D eigenvalue weighted by molar-refractivity contribution is 6.31. The summed E-state index contributed by atoms with van der Waals surface area (Å²) in [6.07, 6.45) is 3.26. The summed E-state index contributed by atoms with van der Waals surface area (Å²) in [6, 6.07) is 6.80. The summed E-state index contributed by atoms with van der Waals surface area (Å²) in [5, 5.41) is 3.30. The van der Waals surface area contributed by atoms with Crippen LogP contribution in [-0.2, 0) is 0 Å². The Morgan fingerprint density at radius 1 is 1.17 bits per heavy atom. The van der Waals surface area contributed by atoms with Gasteiger partial charge in [-0.2, -0.15) is 0 Å². The Morgan fingerprint density at radius 2 is 1.87 bits per heavy atom. The average molecular weight is 332 g/mol. The second-order valence-corrected chi connectivity index (χ2v) is 5.96. The van der Waals surface area contributed by atoms with Gasteiger partial charge >= 0.3 is 0 Å². The van der Waals surface area contributed by atoms with Crippen LogP contribution >= 0.6 is 11.6 Å². The maximum atomic E-state index is 12.1. The number of amides is 1. The summed E-state index contributed by atoms with van der Waals surface area (Å²) < 4.78 is 0. The molecule has 3 rings (SSSR count). The first-order valence-corrected chi connectivity index (χ1v) is 7.82. The fourth-order valence-corrected chi connectivity index (χ4v) is 2.58. The Hall–Kier alpha value is -2.18. The van der Waals surface area contributed by atoms with E-state index >= 15 is 0 Å². The van der Waals surface area contributed by atoms with Crippen LogP contribution in [0.1, 0.15) is 10.4 Å². The number of hydrogen-bond donors (Lipinski definition) is 1. The second kappa shape index (κ2) is 6.93. The second-order valence-electron chi connectivity index (χ2n) is 5.53. The molecule has 2 heterocycles. The third kappa shape index (κ3) is 3.97. The minimum absolute atomic E-state index is 0.233. The van der Waals surface area contributed by atoms with Crippen molar-refractivity contribution in [3.05, 3.63) is 47.2 Å². The quantitative estimate of drug-likeness (QED) is 0.933. The average Bonchev–Trinajstić information content (AvgIpc) is 2.56. The normalized spacial score (nSPS) is 15.5. The predicted octanol–water partition coefficient (Wildman–Crippen LogP) is 2.13. The van der Waals surface area contributed by atoms with Crippen LogP contribution in [0, 0.1) is 0 Å². The molecule has 2 aromatic rings. The Bertz CT molecular complexity index is 683. The lowest BCUT2D eigenvalue weighted by Gasteiger charge is -2.32. The van der Waals surface area contributed by atoms with Crippen molar-refractivity contribution in [2.75, 3.05) is 43.4 Å². The minimum Gasteiger partial charge on any atom is -0.338 e. The van der Waals surface area contributed by atoms with Gasteiger partial charge in [0.2, 0.25) is 5.95 Å². The predicted molar refractivity (Wildman–Crippen MR) is 91.1 cm³/mol. The van der Waals surface area contributed by atoms with E-state index in [1.807, 2.05) is 0 Å². The molecule has 0 bridgehead atoms. The molecule has 0 saturated carbocycles. The van der Waals surface area contributed by atoms with Crippen molar-refractivity contribution < 1.29 is 4.79 Å². The van der Waals surface area contributed by atoms with Gasteiger partial charge in [-0.3, -0.25) is 4.79 Å². The molecule has 0 atom stereocenters. The number of carbonyl (C=O) groups is 1. The van der Waals surface area contributed by atoms with Crippen molar-refractivity contribution in [3.8, 4) is 0 Å². The van der Waals surface area contributed by atoms with E-state index in [1.165, 1.54) is 0 Å². The highest BCUT2D eigenvalue weighted by Crippen LogP contribution is 2.15. The van der Waals surface area contributed by atoms with Crippen molar-refractivity contribution in [2.45, 2.75) is 0 Å². The summed E-state index contributed by atoms with van der Waals surface area (Å²) in [6.45, 7) is 3.81. The van der Waals surface area contributed by atoms with Gasteiger partial charge in [0.05, 0.1) is 18.1 Å². The van der Waals surface area contributed by atoms with Gasteiger partial charge in [-0.25, -0.2) is 9.97 Å². The molecule has 0 spiro atoms. The highest BCUT2D eigenvalue weighted by Gasteiger charge is 2.16. The molecule has 120 valence electrons. The maximum Gasteiger partial charge on any atom is 0.255 e. The van der Waals surface area contributed by atoms with Crippen LogP contribution in [0.3, 0.4) is 0 Å². The zero-order valence-electron chi connectivity index (χ0n) is 12.9. The highest BCUT2D eigenvalue weighted by atomic mass is 35.5. The Balaban J connectivity index is 1.64. The van der Waals surface area contributed by atoms with E-state index < -0.39 is 0 Å². The number of piperazine rings is 1. The molecule has 0 unspecified atom stereocenters. The number of anilines is 2. The van der Waals surface area contributed by atoms with E-state index in [4.69, 9.17) is 11.6 Å². The molecule has 1 aromatic heterocycles. The molecular weight excluding hydrogens is 314 g/mol. The topological polar surface area (TPSA) is 61.4 Å². The molecule has 7 heteroatoms. The maximum absolute atomic E-state index is 12.1. The number of aromatic nitrogens is 2. The molecule has 0 aliphatic carbocycles. The fourth-order valence-electron chi connectivity index (χ4n) is 2.39. The lowest BCUT2D eigenvalue weighted by Crippen LogP contribution is -2.45. The summed E-state index contributed by atoms with van der Waals surface area (Å²) in [7, 11) is 2.10. The van der Waals surface area contributed by atoms with E-state index in [1.54, 1.807) is 36.7 Å². The van der Waals surface area contributed by atoms with E-state index in [2.05, 4.69) is 32.1 Å². The number of nitrogens with zero attached hydrogens (tertiary/aromatic N) is 4. The lowest BCUT2D eigenvalue weighted by atomic mass is 10.2. The number of likely N-dealkylation sites (N-methyl/N-ethyl adjacent to an activating group) is 1. The van der Waals surface area contributed by atoms with Crippen LogP contribution in [0.15, 0.2) is 36.7 Å². The van der Waals surface area contributed by atoms with Crippen LogP contribution in [0.5, 0.6) is 0 Å². The number of halogens is 1. The monoisotopic (exact) mass is 331 g/mol. The van der Waals surface area contributed by atoms with Gasteiger partial charge in [0, 0.05) is 36.8 Å². The van der Waals surface area contributed by atoms with Crippen LogP contribution in [0.25, 0.3) is 0 Å². The molecule has 1 amide bonds. The van der Waals surface area contributed by atoms with Crippen LogP contribution < -0.4 is 10.2 Å². The van der Waals surface area contributed by atoms with E-state index in [-0.39, 0.29) is 5.91 Å². The third-order valence-corrected chi connectivity index (χ3v) is 4.00. The van der Waals surface area contributed by atoms with Gasteiger partial charge in [0.25, 0.3) is 5.91 Å². The Morgan fingerprint density at radius 3 is 2.52 bits per heavy atom. The molecule has 1 N–H and O–H groups in total. The zero-order valence-corrected chi connectivity index (χ0v) is 13.6. The van der Waals surface area contributed by atoms with Gasteiger partial charge in [0.15, 0.2) is 0 Å². The van der Waals surface area contributed by atoms with Gasteiger partial charge in [0.1, 0.15) is 0 Å². The van der Waals surface area contributed by atoms with Crippen molar-refractivity contribution in [1.29, 1.82) is 0 Å². The molecular formula is C16H18ClN5O. The standard InChI is InChI=1S/C16H18ClN5O/c1-21-5-7-22(8-6-21)16-18-10-14(11-19-16)20-15(23)12-3-2-4-13(17)9-12/h2-4,9-11H,5-8H2,1H3,(H,20,23).